The number of nitrogens with one attached hydrogen (secondary N) is 1. The van der Waals surface area contributed by atoms with Crippen molar-refractivity contribution >= 4 is 22.5 Å². The molecule has 0 fully saturated rings. The Kier molecular flexibility index (Phi) is 4.38. The van der Waals surface area contributed by atoms with Crippen LogP contribution in [0.15, 0.2) is 60.8 Å². The van der Waals surface area contributed by atoms with E-state index in [4.69, 9.17) is 9.47 Å². The number of amides is 1. The number of hydrogen-bond acceptors (Lipinski definition) is 4. The van der Waals surface area contributed by atoms with E-state index in [2.05, 4.69) is 10.3 Å². The lowest BCUT2D eigenvalue weighted by Gasteiger charge is -2.08. The number of aromatic nitrogens is 1. The van der Waals surface area contributed by atoms with Crippen LogP contribution in [0, 0.1) is 0 Å². The summed E-state index contributed by atoms with van der Waals surface area (Å²) in [5.41, 5.74) is 1.44. The van der Waals surface area contributed by atoms with Crippen molar-refractivity contribution in [2.24, 2.45) is 0 Å². The first-order chi connectivity index (χ1) is 11.2. The molecule has 0 bridgehead atoms. The van der Waals surface area contributed by atoms with Gasteiger partial charge in [-0.1, -0.05) is 18.2 Å². The molecule has 0 aliphatic rings. The number of pyridine rings is 1. The monoisotopic (exact) mass is 308 g/mol. The molecule has 0 aliphatic carbocycles. The highest BCUT2D eigenvalue weighted by Crippen LogP contribution is 2.21. The molecule has 3 rings (SSSR count). The van der Waals surface area contributed by atoms with Crippen LogP contribution in [0.1, 0.15) is 0 Å². The average Bonchev–Trinajstić information content (AvgIpc) is 2.60. The summed E-state index contributed by atoms with van der Waals surface area (Å²) in [6.45, 7) is -0.0509. The van der Waals surface area contributed by atoms with Gasteiger partial charge in [0.05, 0.1) is 24.5 Å². The normalized spacial score (nSPS) is 10.3. The van der Waals surface area contributed by atoms with Gasteiger partial charge in [0.25, 0.3) is 5.91 Å². The van der Waals surface area contributed by atoms with Gasteiger partial charge in [-0.15, -0.1) is 0 Å². The van der Waals surface area contributed by atoms with Crippen LogP contribution in [0.2, 0.25) is 0 Å². The lowest BCUT2D eigenvalue weighted by molar-refractivity contribution is -0.118. The molecule has 116 valence electrons. The minimum atomic E-state index is -0.233. The van der Waals surface area contributed by atoms with Crippen LogP contribution in [0.5, 0.6) is 11.5 Å². The molecule has 0 saturated carbocycles. The van der Waals surface area contributed by atoms with E-state index in [1.807, 2.05) is 42.5 Å². The Morgan fingerprint density at radius 3 is 2.70 bits per heavy atom. The Morgan fingerprint density at radius 2 is 1.91 bits per heavy atom. The number of anilines is 1. The standard InChI is InChI=1S/C18H16N2O3/c1-22-16-8-7-13-9-14(11-19-17(13)10-16)20-18(21)12-23-15-5-3-2-4-6-15/h2-11H,12H2,1H3,(H,20,21). The van der Waals surface area contributed by atoms with Crippen molar-refractivity contribution in [3.8, 4) is 11.5 Å². The van der Waals surface area contributed by atoms with Crippen molar-refractivity contribution in [1.82, 2.24) is 4.98 Å². The lowest BCUT2D eigenvalue weighted by Crippen LogP contribution is -2.20. The molecule has 1 amide bonds. The van der Waals surface area contributed by atoms with Crippen LogP contribution in [-0.2, 0) is 4.79 Å². The van der Waals surface area contributed by atoms with Crippen LogP contribution in [0.4, 0.5) is 5.69 Å². The van der Waals surface area contributed by atoms with Crippen molar-refractivity contribution in [2.45, 2.75) is 0 Å². The van der Waals surface area contributed by atoms with Gasteiger partial charge in [-0.3, -0.25) is 9.78 Å². The number of benzene rings is 2. The molecular formula is C18H16N2O3. The van der Waals surface area contributed by atoms with E-state index in [9.17, 15) is 4.79 Å². The van der Waals surface area contributed by atoms with Crippen LogP contribution in [0.25, 0.3) is 10.9 Å². The largest absolute Gasteiger partial charge is 0.497 e. The summed E-state index contributed by atoms with van der Waals surface area (Å²) in [7, 11) is 1.61. The summed E-state index contributed by atoms with van der Waals surface area (Å²) in [6, 6.07) is 16.7. The van der Waals surface area contributed by atoms with Crippen LogP contribution < -0.4 is 14.8 Å². The van der Waals surface area contributed by atoms with E-state index < -0.39 is 0 Å². The highest BCUT2D eigenvalue weighted by molar-refractivity contribution is 5.94. The van der Waals surface area contributed by atoms with Crippen molar-refractivity contribution in [2.75, 3.05) is 19.0 Å². The first kappa shape index (κ1) is 14.8. The van der Waals surface area contributed by atoms with Crippen molar-refractivity contribution in [1.29, 1.82) is 0 Å². The zero-order valence-electron chi connectivity index (χ0n) is 12.7. The molecule has 1 aromatic heterocycles. The highest BCUT2D eigenvalue weighted by atomic mass is 16.5. The van der Waals surface area contributed by atoms with Gasteiger partial charge < -0.3 is 14.8 Å². The maximum atomic E-state index is 11.9. The smallest absolute Gasteiger partial charge is 0.262 e. The number of methoxy groups -OCH3 is 1. The van der Waals surface area contributed by atoms with E-state index >= 15 is 0 Å². The third-order valence-corrected chi connectivity index (χ3v) is 3.29. The number of carbonyl (C=O) groups excluding carboxylic acids is 1. The summed E-state index contributed by atoms with van der Waals surface area (Å²) in [5, 5.41) is 3.70. The van der Waals surface area contributed by atoms with E-state index in [0.29, 0.717) is 11.4 Å². The molecule has 0 saturated heterocycles. The molecular weight excluding hydrogens is 292 g/mol. The van der Waals surface area contributed by atoms with E-state index in [1.54, 1.807) is 25.4 Å². The zero-order valence-corrected chi connectivity index (χ0v) is 12.7. The third-order valence-electron chi connectivity index (χ3n) is 3.29. The van der Waals surface area contributed by atoms with E-state index in [1.165, 1.54) is 0 Å². The number of ether oxygens (including phenoxy) is 2. The fourth-order valence-corrected chi connectivity index (χ4v) is 2.16. The molecule has 5 heteroatoms. The molecule has 1 heterocycles. The first-order valence-electron chi connectivity index (χ1n) is 7.16. The Morgan fingerprint density at radius 1 is 1.09 bits per heavy atom. The molecule has 23 heavy (non-hydrogen) atoms. The van der Waals surface area contributed by atoms with Gasteiger partial charge in [0, 0.05) is 11.5 Å². The fourth-order valence-electron chi connectivity index (χ4n) is 2.16. The number of carbonyl (C=O) groups is 1. The minimum absolute atomic E-state index is 0.0509. The second-order valence-corrected chi connectivity index (χ2v) is 4.93. The summed E-state index contributed by atoms with van der Waals surface area (Å²) >= 11 is 0. The zero-order chi connectivity index (χ0) is 16.1. The van der Waals surface area contributed by atoms with Gasteiger partial charge in [-0.25, -0.2) is 0 Å². The predicted molar refractivity (Wildman–Crippen MR) is 88.9 cm³/mol. The predicted octanol–water partition coefficient (Wildman–Crippen LogP) is 3.26. The van der Waals surface area contributed by atoms with Gasteiger partial charge in [0.15, 0.2) is 6.61 Å². The summed E-state index contributed by atoms with van der Waals surface area (Å²) in [4.78, 5) is 16.3. The molecule has 0 radical (unpaired) electrons. The molecule has 2 aromatic carbocycles. The van der Waals surface area contributed by atoms with Gasteiger partial charge >= 0.3 is 0 Å². The van der Waals surface area contributed by atoms with Crippen molar-refractivity contribution in [3.63, 3.8) is 0 Å². The number of nitrogens with zero attached hydrogens (tertiary/aromatic N) is 1. The van der Waals surface area contributed by atoms with Gasteiger partial charge in [-0.2, -0.15) is 0 Å². The Labute approximate surface area is 133 Å². The maximum absolute atomic E-state index is 11.9. The van der Waals surface area contributed by atoms with E-state index in [-0.39, 0.29) is 12.5 Å². The van der Waals surface area contributed by atoms with Crippen LogP contribution in [-0.4, -0.2) is 24.6 Å². The minimum Gasteiger partial charge on any atom is -0.497 e. The summed E-state index contributed by atoms with van der Waals surface area (Å²) in [5.74, 6) is 1.17. The topological polar surface area (TPSA) is 60.5 Å². The summed E-state index contributed by atoms with van der Waals surface area (Å²) < 4.78 is 10.6. The molecule has 0 aliphatic heterocycles. The molecule has 0 spiro atoms. The second-order valence-electron chi connectivity index (χ2n) is 4.93. The Balaban J connectivity index is 1.65. The second kappa shape index (κ2) is 6.79. The fraction of sp³-hybridized carbons (Fsp3) is 0.111. The number of hydrogen-bond donors (Lipinski definition) is 1. The van der Waals surface area contributed by atoms with Crippen LogP contribution >= 0.6 is 0 Å². The number of fused-ring (bicyclic) bond motifs is 1. The molecule has 1 N–H and O–H groups in total. The van der Waals surface area contributed by atoms with E-state index in [0.717, 1.165) is 16.7 Å². The van der Waals surface area contributed by atoms with Gasteiger partial charge in [-0.05, 0) is 30.3 Å². The van der Waals surface area contributed by atoms with Gasteiger partial charge in [0.2, 0.25) is 0 Å². The first-order valence-corrected chi connectivity index (χ1v) is 7.16. The molecule has 0 unspecified atom stereocenters. The Bertz CT molecular complexity index is 819. The number of para-hydroxylation sites is 1. The maximum Gasteiger partial charge on any atom is 0.262 e. The molecule has 0 atom stereocenters. The lowest BCUT2D eigenvalue weighted by atomic mass is 10.2. The number of rotatable bonds is 5. The van der Waals surface area contributed by atoms with Crippen molar-refractivity contribution < 1.29 is 14.3 Å². The van der Waals surface area contributed by atoms with Crippen molar-refractivity contribution in [3.05, 3.63) is 60.8 Å². The SMILES string of the molecule is COc1ccc2cc(NC(=O)COc3ccccc3)cnc2c1. The molecule has 3 aromatic rings. The molecule has 5 nitrogen and oxygen atoms in total. The quantitative estimate of drug-likeness (QED) is 0.786. The highest BCUT2D eigenvalue weighted by Gasteiger charge is 2.05. The Hall–Kier alpha value is -3.08. The van der Waals surface area contributed by atoms with Gasteiger partial charge in [0.1, 0.15) is 11.5 Å². The third kappa shape index (κ3) is 3.77. The summed E-state index contributed by atoms with van der Waals surface area (Å²) in [6.07, 6.45) is 1.61. The average molecular weight is 308 g/mol. The van der Waals surface area contributed by atoms with Crippen LogP contribution in [0.3, 0.4) is 0 Å².